The van der Waals surface area contributed by atoms with Gasteiger partial charge in [-0.2, -0.15) is 0 Å². The van der Waals surface area contributed by atoms with Gasteiger partial charge in [0, 0.05) is 12.6 Å². The summed E-state index contributed by atoms with van der Waals surface area (Å²) in [6.07, 6.45) is 0. The van der Waals surface area contributed by atoms with Crippen molar-refractivity contribution in [2.75, 3.05) is 6.79 Å². The van der Waals surface area contributed by atoms with E-state index in [-0.39, 0.29) is 6.04 Å². The number of pyridine rings is 1. The van der Waals surface area contributed by atoms with Gasteiger partial charge in [0.2, 0.25) is 6.79 Å². The second-order valence-corrected chi connectivity index (χ2v) is 5.48. The first-order valence-corrected chi connectivity index (χ1v) is 7.26. The molecule has 20 heavy (non-hydrogen) atoms. The minimum Gasteiger partial charge on any atom is -0.454 e. The van der Waals surface area contributed by atoms with Gasteiger partial charge in [-0.05, 0) is 52.7 Å². The highest BCUT2D eigenvalue weighted by atomic mass is 79.9. The molecule has 104 valence electrons. The largest absolute Gasteiger partial charge is 0.454 e. The van der Waals surface area contributed by atoms with Gasteiger partial charge in [0.1, 0.15) is 4.60 Å². The zero-order chi connectivity index (χ0) is 13.9. The summed E-state index contributed by atoms with van der Waals surface area (Å²) in [6.45, 7) is 3.15. The highest BCUT2D eigenvalue weighted by Crippen LogP contribution is 2.34. The molecule has 1 N–H and O–H groups in total. The van der Waals surface area contributed by atoms with Crippen LogP contribution in [-0.4, -0.2) is 11.8 Å². The molecule has 1 aromatic carbocycles. The summed E-state index contributed by atoms with van der Waals surface area (Å²) in [5, 5.41) is 3.45. The Labute approximate surface area is 126 Å². The number of nitrogens with zero attached hydrogens (tertiary/aromatic N) is 1. The maximum absolute atomic E-state index is 5.40. The van der Waals surface area contributed by atoms with Crippen LogP contribution in [0.4, 0.5) is 0 Å². The van der Waals surface area contributed by atoms with Crippen molar-refractivity contribution in [1.82, 2.24) is 10.3 Å². The molecule has 0 saturated carbocycles. The second-order valence-electron chi connectivity index (χ2n) is 4.67. The van der Waals surface area contributed by atoms with Crippen molar-refractivity contribution in [2.24, 2.45) is 0 Å². The SMILES string of the molecule is CC(NCc1cccc(Br)n1)c1ccc2c(c1)OCO2. The number of rotatable bonds is 4. The maximum Gasteiger partial charge on any atom is 0.231 e. The zero-order valence-electron chi connectivity index (χ0n) is 11.1. The lowest BCUT2D eigenvalue weighted by atomic mass is 10.1. The van der Waals surface area contributed by atoms with E-state index in [9.17, 15) is 0 Å². The first-order chi connectivity index (χ1) is 9.72. The maximum atomic E-state index is 5.40. The van der Waals surface area contributed by atoms with Gasteiger partial charge in [0.05, 0.1) is 5.69 Å². The van der Waals surface area contributed by atoms with Crippen LogP contribution in [0.1, 0.15) is 24.2 Å². The van der Waals surface area contributed by atoms with Crippen molar-refractivity contribution in [2.45, 2.75) is 19.5 Å². The molecule has 2 aromatic rings. The van der Waals surface area contributed by atoms with E-state index < -0.39 is 0 Å². The molecule has 0 aliphatic carbocycles. The highest BCUT2D eigenvalue weighted by molar-refractivity contribution is 9.10. The van der Waals surface area contributed by atoms with Gasteiger partial charge in [-0.3, -0.25) is 0 Å². The molecular weight excluding hydrogens is 320 g/mol. The molecule has 0 bridgehead atoms. The van der Waals surface area contributed by atoms with Crippen molar-refractivity contribution in [3.8, 4) is 11.5 Å². The smallest absolute Gasteiger partial charge is 0.231 e. The predicted molar refractivity (Wildman–Crippen MR) is 79.8 cm³/mol. The van der Waals surface area contributed by atoms with Crippen LogP contribution >= 0.6 is 15.9 Å². The molecular formula is C15H15BrN2O2. The summed E-state index contributed by atoms with van der Waals surface area (Å²) in [4.78, 5) is 4.41. The van der Waals surface area contributed by atoms with Gasteiger partial charge in [0.15, 0.2) is 11.5 Å². The van der Waals surface area contributed by atoms with E-state index in [1.54, 1.807) is 0 Å². The number of hydrogen-bond donors (Lipinski definition) is 1. The lowest BCUT2D eigenvalue weighted by Gasteiger charge is -2.14. The highest BCUT2D eigenvalue weighted by Gasteiger charge is 2.15. The topological polar surface area (TPSA) is 43.4 Å². The molecule has 1 aromatic heterocycles. The summed E-state index contributed by atoms with van der Waals surface area (Å²) in [5.74, 6) is 1.63. The van der Waals surface area contributed by atoms with Crippen LogP contribution in [0.2, 0.25) is 0 Å². The van der Waals surface area contributed by atoms with E-state index in [1.165, 1.54) is 5.56 Å². The second kappa shape index (κ2) is 5.81. The van der Waals surface area contributed by atoms with Crippen molar-refractivity contribution in [3.05, 3.63) is 52.3 Å². The van der Waals surface area contributed by atoms with Crippen LogP contribution in [0.25, 0.3) is 0 Å². The van der Waals surface area contributed by atoms with Gasteiger partial charge in [-0.25, -0.2) is 4.98 Å². The quantitative estimate of drug-likeness (QED) is 0.870. The van der Waals surface area contributed by atoms with E-state index in [4.69, 9.17) is 9.47 Å². The minimum atomic E-state index is 0.213. The number of hydrogen-bond acceptors (Lipinski definition) is 4. The van der Waals surface area contributed by atoms with Crippen LogP contribution in [0, 0.1) is 0 Å². The van der Waals surface area contributed by atoms with E-state index in [0.717, 1.165) is 28.3 Å². The van der Waals surface area contributed by atoms with Crippen LogP contribution < -0.4 is 14.8 Å². The number of halogens is 1. The molecule has 4 nitrogen and oxygen atoms in total. The Bertz CT molecular complexity index is 619. The van der Waals surface area contributed by atoms with Gasteiger partial charge in [0.25, 0.3) is 0 Å². The van der Waals surface area contributed by atoms with Crippen LogP contribution in [0.5, 0.6) is 11.5 Å². The van der Waals surface area contributed by atoms with Gasteiger partial charge < -0.3 is 14.8 Å². The number of ether oxygens (including phenoxy) is 2. The molecule has 1 aliphatic heterocycles. The summed E-state index contributed by atoms with van der Waals surface area (Å²) < 4.78 is 11.6. The Morgan fingerprint density at radius 2 is 2.10 bits per heavy atom. The third-order valence-corrected chi connectivity index (χ3v) is 3.70. The monoisotopic (exact) mass is 334 g/mol. The number of fused-ring (bicyclic) bond motifs is 1. The van der Waals surface area contributed by atoms with Gasteiger partial charge >= 0.3 is 0 Å². The van der Waals surface area contributed by atoms with E-state index in [0.29, 0.717) is 6.79 Å². The van der Waals surface area contributed by atoms with Crippen molar-refractivity contribution in [1.29, 1.82) is 0 Å². The van der Waals surface area contributed by atoms with Crippen LogP contribution in [0.3, 0.4) is 0 Å². The Hall–Kier alpha value is -1.59. The Balaban J connectivity index is 1.66. The van der Waals surface area contributed by atoms with E-state index in [1.807, 2.05) is 30.3 Å². The molecule has 0 fully saturated rings. The number of aromatic nitrogens is 1. The lowest BCUT2D eigenvalue weighted by molar-refractivity contribution is 0.174. The van der Waals surface area contributed by atoms with Crippen molar-refractivity contribution >= 4 is 15.9 Å². The molecule has 1 atom stereocenters. The third-order valence-electron chi connectivity index (χ3n) is 3.26. The average Bonchev–Trinajstić information content (AvgIpc) is 2.92. The predicted octanol–water partition coefficient (Wildman–Crippen LogP) is 3.42. The van der Waals surface area contributed by atoms with Gasteiger partial charge in [-0.15, -0.1) is 0 Å². The molecule has 5 heteroatoms. The van der Waals surface area contributed by atoms with E-state index in [2.05, 4.69) is 39.2 Å². The number of benzene rings is 1. The van der Waals surface area contributed by atoms with Crippen LogP contribution in [0.15, 0.2) is 41.0 Å². The molecule has 3 rings (SSSR count). The number of nitrogens with one attached hydrogen (secondary N) is 1. The lowest BCUT2D eigenvalue weighted by Crippen LogP contribution is -2.18. The molecule has 0 saturated heterocycles. The summed E-state index contributed by atoms with van der Waals surface area (Å²) in [6, 6.07) is 12.2. The fraction of sp³-hybridized carbons (Fsp3) is 0.267. The molecule has 2 heterocycles. The summed E-state index contributed by atoms with van der Waals surface area (Å²) >= 11 is 3.38. The first kappa shape index (κ1) is 13.4. The fourth-order valence-corrected chi connectivity index (χ4v) is 2.49. The van der Waals surface area contributed by atoms with Crippen LogP contribution in [-0.2, 0) is 6.54 Å². The average molecular weight is 335 g/mol. The van der Waals surface area contributed by atoms with E-state index >= 15 is 0 Å². The molecule has 0 amide bonds. The molecule has 0 spiro atoms. The first-order valence-electron chi connectivity index (χ1n) is 6.47. The van der Waals surface area contributed by atoms with Gasteiger partial charge in [-0.1, -0.05) is 12.1 Å². The summed E-state index contributed by atoms with van der Waals surface area (Å²) in [7, 11) is 0. The van der Waals surface area contributed by atoms with Crippen molar-refractivity contribution < 1.29 is 9.47 Å². The zero-order valence-corrected chi connectivity index (χ0v) is 12.7. The standard InChI is InChI=1S/C15H15BrN2O2/c1-10(17-8-12-3-2-4-15(16)18-12)11-5-6-13-14(7-11)20-9-19-13/h2-7,10,17H,8-9H2,1H3. The molecule has 1 unspecified atom stereocenters. The minimum absolute atomic E-state index is 0.213. The Morgan fingerprint density at radius 3 is 2.95 bits per heavy atom. The van der Waals surface area contributed by atoms with Crippen molar-refractivity contribution in [3.63, 3.8) is 0 Å². The third kappa shape index (κ3) is 2.94. The Morgan fingerprint density at radius 1 is 1.25 bits per heavy atom. The summed E-state index contributed by atoms with van der Waals surface area (Å²) in [5.41, 5.74) is 2.18. The fourth-order valence-electron chi connectivity index (χ4n) is 2.11. The Kier molecular flexibility index (Phi) is 3.89. The molecule has 0 radical (unpaired) electrons. The normalized spacial score (nSPS) is 14.3. The molecule has 1 aliphatic rings.